The number of likely N-dealkylation sites (N-methyl/N-ethyl adjacent to an activating group) is 1. The zero-order valence-electron chi connectivity index (χ0n) is 21.1. The minimum absolute atomic E-state index is 0.156. The molecule has 0 spiro atoms. The van der Waals surface area contributed by atoms with Crippen LogP contribution in [0.15, 0.2) is 83.6 Å². The van der Waals surface area contributed by atoms with Crippen molar-refractivity contribution >= 4 is 17.8 Å². The first-order valence-electron chi connectivity index (χ1n) is 12.0. The molecular formula is C29H27F4N3O2. The van der Waals surface area contributed by atoms with Crippen molar-refractivity contribution in [2.24, 2.45) is 5.10 Å². The Balaban J connectivity index is 1.73. The van der Waals surface area contributed by atoms with Gasteiger partial charge >= 0.3 is 6.18 Å². The average molecular weight is 526 g/mol. The van der Waals surface area contributed by atoms with Crippen LogP contribution in [0.2, 0.25) is 0 Å². The fourth-order valence-electron chi connectivity index (χ4n) is 4.85. The van der Waals surface area contributed by atoms with Crippen LogP contribution < -0.4 is 15.1 Å². The molecule has 1 atom stereocenters. The van der Waals surface area contributed by atoms with Gasteiger partial charge in [0.05, 0.1) is 12.7 Å². The number of nitrogens with zero attached hydrogens (tertiary/aromatic N) is 2. The van der Waals surface area contributed by atoms with Crippen molar-refractivity contribution in [2.45, 2.75) is 31.9 Å². The van der Waals surface area contributed by atoms with E-state index >= 15 is 0 Å². The Morgan fingerprint density at radius 1 is 1.11 bits per heavy atom. The van der Waals surface area contributed by atoms with E-state index in [1.54, 1.807) is 43.5 Å². The zero-order chi connectivity index (χ0) is 27.5. The van der Waals surface area contributed by atoms with Gasteiger partial charge < -0.3 is 9.64 Å². The lowest BCUT2D eigenvalue weighted by Crippen LogP contribution is -2.31. The summed E-state index contributed by atoms with van der Waals surface area (Å²) in [7, 11) is 1.54. The predicted octanol–water partition coefficient (Wildman–Crippen LogP) is 6.49. The molecule has 9 heteroatoms. The lowest BCUT2D eigenvalue weighted by atomic mass is 9.76. The number of allylic oxidation sites excluding steroid dienone is 2. The molecule has 1 heterocycles. The standard InChI is InChI=1S/C29H27F4N3O2/c1-4-36-25-13-11-21(38-3)17-23(25)28(2,18-19-10-12-24(30)22(16-19)29(31,32)33)26(36)14-15-34-35-27(37)20-8-6-5-7-9-20/h5-17H,4,18H2,1-3H3,(H,35,37)/b26-14-,34-15+. The summed E-state index contributed by atoms with van der Waals surface area (Å²) in [6, 6.07) is 17.3. The molecule has 0 radical (unpaired) electrons. The summed E-state index contributed by atoms with van der Waals surface area (Å²) in [5.41, 5.74) is 3.64. The van der Waals surface area contributed by atoms with E-state index in [1.165, 1.54) is 12.3 Å². The number of nitrogens with one attached hydrogen (secondary N) is 1. The van der Waals surface area contributed by atoms with Crippen LogP contribution in [0, 0.1) is 5.82 Å². The first-order chi connectivity index (χ1) is 18.1. The molecule has 4 rings (SSSR count). The normalized spacial score (nSPS) is 18.2. The quantitative estimate of drug-likeness (QED) is 0.218. The molecule has 1 aliphatic rings. The number of carbonyl (C=O) groups excluding carboxylic acids is 1. The molecule has 1 aliphatic heterocycles. The van der Waals surface area contributed by atoms with Crippen molar-refractivity contribution in [3.05, 3.63) is 107 Å². The molecule has 5 nitrogen and oxygen atoms in total. The Bertz CT molecular complexity index is 1390. The van der Waals surface area contributed by atoms with E-state index in [0.29, 0.717) is 23.4 Å². The Kier molecular flexibility index (Phi) is 7.57. The van der Waals surface area contributed by atoms with Gasteiger partial charge in [0.25, 0.3) is 5.91 Å². The number of carbonyl (C=O) groups is 1. The number of amides is 1. The van der Waals surface area contributed by atoms with Gasteiger partial charge in [-0.3, -0.25) is 4.79 Å². The van der Waals surface area contributed by atoms with Gasteiger partial charge in [0, 0.05) is 35.1 Å². The maximum atomic E-state index is 14.0. The Morgan fingerprint density at radius 2 is 1.84 bits per heavy atom. The van der Waals surface area contributed by atoms with E-state index in [9.17, 15) is 22.4 Å². The Hall–Kier alpha value is -4.14. The first-order valence-corrected chi connectivity index (χ1v) is 12.0. The Morgan fingerprint density at radius 3 is 2.50 bits per heavy atom. The van der Waals surface area contributed by atoms with Crippen LogP contribution in [0.25, 0.3) is 0 Å². The number of methoxy groups -OCH3 is 1. The number of halogens is 4. The minimum atomic E-state index is -4.81. The molecule has 0 aromatic heterocycles. The van der Waals surface area contributed by atoms with Crippen LogP contribution in [-0.4, -0.2) is 25.8 Å². The third-order valence-corrected chi connectivity index (χ3v) is 6.66. The van der Waals surface area contributed by atoms with Gasteiger partial charge in [0.15, 0.2) is 0 Å². The highest BCUT2D eigenvalue weighted by Crippen LogP contribution is 2.50. The maximum absolute atomic E-state index is 14.0. The molecule has 1 amide bonds. The van der Waals surface area contributed by atoms with Crippen molar-refractivity contribution in [2.75, 3.05) is 18.6 Å². The van der Waals surface area contributed by atoms with Crippen LogP contribution in [0.1, 0.15) is 40.9 Å². The lowest BCUT2D eigenvalue weighted by molar-refractivity contribution is -0.140. The molecule has 0 aliphatic carbocycles. The molecule has 0 saturated carbocycles. The summed E-state index contributed by atoms with van der Waals surface area (Å²) in [4.78, 5) is 14.4. The molecule has 198 valence electrons. The molecular weight excluding hydrogens is 498 g/mol. The third-order valence-electron chi connectivity index (χ3n) is 6.66. The largest absolute Gasteiger partial charge is 0.497 e. The highest BCUT2D eigenvalue weighted by molar-refractivity contribution is 5.94. The number of hydrogen-bond acceptors (Lipinski definition) is 4. The van der Waals surface area contributed by atoms with Gasteiger partial charge in [-0.1, -0.05) is 24.3 Å². The summed E-state index contributed by atoms with van der Waals surface area (Å²) in [5, 5.41) is 4.06. The second-order valence-corrected chi connectivity index (χ2v) is 9.09. The summed E-state index contributed by atoms with van der Waals surface area (Å²) >= 11 is 0. The molecule has 0 bridgehead atoms. The van der Waals surface area contributed by atoms with Gasteiger partial charge in [0.1, 0.15) is 11.6 Å². The molecule has 3 aromatic rings. The van der Waals surface area contributed by atoms with Crippen LogP contribution in [0.5, 0.6) is 5.75 Å². The van der Waals surface area contributed by atoms with Crippen molar-refractivity contribution in [3.8, 4) is 5.75 Å². The van der Waals surface area contributed by atoms with Crippen LogP contribution in [0.4, 0.5) is 23.2 Å². The van der Waals surface area contributed by atoms with Crippen LogP contribution >= 0.6 is 0 Å². The second kappa shape index (κ2) is 10.7. The summed E-state index contributed by atoms with van der Waals surface area (Å²) in [6.07, 6.45) is -1.47. The molecule has 1 unspecified atom stereocenters. The zero-order valence-corrected chi connectivity index (χ0v) is 21.1. The first kappa shape index (κ1) is 26.9. The molecule has 3 aromatic carbocycles. The van der Waals surface area contributed by atoms with Gasteiger partial charge in [-0.2, -0.15) is 18.3 Å². The number of alkyl halides is 3. The second-order valence-electron chi connectivity index (χ2n) is 9.09. The van der Waals surface area contributed by atoms with E-state index in [0.717, 1.165) is 29.1 Å². The number of hydrazone groups is 1. The predicted molar refractivity (Wildman–Crippen MR) is 139 cm³/mol. The number of hydrogen-bond donors (Lipinski definition) is 1. The van der Waals surface area contributed by atoms with Gasteiger partial charge in [0.2, 0.25) is 0 Å². The number of benzene rings is 3. The minimum Gasteiger partial charge on any atom is -0.497 e. The smallest absolute Gasteiger partial charge is 0.419 e. The van der Waals surface area contributed by atoms with E-state index in [-0.39, 0.29) is 12.3 Å². The van der Waals surface area contributed by atoms with Crippen LogP contribution in [0.3, 0.4) is 0 Å². The van der Waals surface area contributed by atoms with Crippen molar-refractivity contribution in [1.82, 2.24) is 5.43 Å². The highest BCUT2D eigenvalue weighted by atomic mass is 19.4. The number of fused-ring (bicyclic) bond motifs is 1. The third kappa shape index (κ3) is 5.27. The average Bonchev–Trinajstić information content (AvgIpc) is 3.13. The van der Waals surface area contributed by atoms with Crippen LogP contribution in [-0.2, 0) is 18.0 Å². The summed E-state index contributed by atoms with van der Waals surface area (Å²) in [5.74, 6) is -1.08. The number of rotatable bonds is 7. The molecule has 0 fully saturated rings. The van der Waals surface area contributed by atoms with Gasteiger partial charge in [-0.05, 0) is 79.9 Å². The van der Waals surface area contributed by atoms with E-state index in [2.05, 4.69) is 10.5 Å². The number of anilines is 1. The fraction of sp³-hybridized carbons (Fsp3) is 0.241. The molecule has 0 saturated heterocycles. The SMILES string of the molecule is CCN1/C(=C\C=N\NC(=O)c2ccccc2)C(C)(Cc2ccc(F)c(C(F)(F)F)c2)c2cc(OC)ccc21. The van der Waals surface area contributed by atoms with E-state index in [4.69, 9.17) is 4.74 Å². The molecule has 38 heavy (non-hydrogen) atoms. The molecule has 1 N–H and O–H groups in total. The topological polar surface area (TPSA) is 53.9 Å². The monoisotopic (exact) mass is 525 g/mol. The van der Waals surface area contributed by atoms with Gasteiger partial charge in [-0.15, -0.1) is 0 Å². The Labute approximate surface area is 218 Å². The van der Waals surface area contributed by atoms with Crippen molar-refractivity contribution < 1.29 is 27.1 Å². The highest BCUT2D eigenvalue weighted by Gasteiger charge is 2.44. The maximum Gasteiger partial charge on any atom is 0.419 e. The number of ether oxygens (including phenoxy) is 1. The van der Waals surface area contributed by atoms with E-state index in [1.807, 2.05) is 36.9 Å². The van der Waals surface area contributed by atoms with Crippen molar-refractivity contribution in [3.63, 3.8) is 0 Å². The lowest BCUT2D eigenvalue weighted by Gasteiger charge is -2.30. The summed E-state index contributed by atoms with van der Waals surface area (Å²) in [6.45, 7) is 4.45. The van der Waals surface area contributed by atoms with Crippen molar-refractivity contribution in [1.29, 1.82) is 0 Å². The summed E-state index contributed by atoms with van der Waals surface area (Å²) < 4.78 is 59.7. The van der Waals surface area contributed by atoms with E-state index < -0.39 is 23.0 Å². The fourth-order valence-corrected chi connectivity index (χ4v) is 4.85. The van der Waals surface area contributed by atoms with Gasteiger partial charge in [-0.25, -0.2) is 9.82 Å².